The molecular formula is C15H22N2O3S. The Hall–Kier alpha value is -1.56. The highest BCUT2D eigenvalue weighted by Gasteiger charge is 2.39. The molecule has 2 N–H and O–H groups in total. The van der Waals surface area contributed by atoms with Crippen molar-refractivity contribution in [2.75, 3.05) is 13.1 Å². The highest BCUT2D eigenvalue weighted by Crippen LogP contribution is 2.29. The number of hydrogen-bond acceptors (Lipinski definition) is 3. The summed E-state index contributed by atoms with van der Waals surface area (Å²) in [5.74, 6) is -0.827. The van der Waals surface area contributed by atoms with Crippen molar-refractivity contribution in [2.24, 2.45) is 5.41 Å². The van der Waals surface area contributed by atoms with E-state index in [1.165, 1.54) is 5.56 Å². The van der Waals surface area contributed by atoms with E-state index in [0.717, 1.165) is 12.8 Å². The molecule has 6 heteroatoms. The second-order valence-corrected chi connectivity index (χ2v) is 6.86. The summed E-state index contributed by atoms with van der Waals surface area (Å²) in [6.45, 7) is 4.58. The Morgan fingerprint density at radius 3 is 2.95 bits per heavy atom. The van der Waals surface area contributed by atoms with Crippen molar-refractivity contribution in [1.82, 2.24) is 10.2 Å². The average molecular weight is 310 g/mol. The molecule has 21 heavy (non-hydrogen) atoms. The van der Waals surface area contributed by atoms with E-state index in [1.807, 2.05) is 12.3 Å². The third kappa shape index (κ3) is 3.97. The first-order chi connectivity index (χ1) is 9.90. The number of hydrogen-bond donors (Lipinski definition) is 2. The predicted molar refractivity (Wildman–Crippen MR) is 82.6 cm³/mol. The Balaban J connectivity index is 1.89. The molecule has 0 radical (unpaired) electrons. The summed E-state index contributed by atoms with van der Waals surface area (Å²) in [4.78, 5) is 25.2. The zero-order chi connectivity index (χ0) is 15.5. The van der Waals surface area contributed by atoms with Crippen LogP contribution in [0.4, 0.5) is 4.79 Å². The van der Waals surface area contributed by atoms with Gasteiger partial charge in [-0.05, 0) is 55.5 Å². The van der Waals surface area contributed by atoms with E-state index in [9.17, 15) is 14.7 Å². The van der Waals surface area contributed by atoms with Gasteiger partial charge >= 0.3 is 12.0 Å². The third-order valence-corrected chi connectivity index (χ3v) is 4.72. The van der Waals surface area contributed by atoms with E-state index < -0.39 is 11.4 Å². The summed E-state index contributed by atoms with van der Waals surface area (Å²) >= 11 is 1.64. The highest BCUT2D eigenvalue weighted by molar-refractivity contribution is 7.07. The number of carbonyl (C=O) groups is 2. The van der Waals surface area contributed by atoms with Gasteiger partial charge in [0.1, 0.15) is 0 Å². The van der Waals surface area contributed by atoms with E-state index in [2.05, 4.69) is 16.8 Å². The number of piperidine rings is 1. The fraction of sp³-hybridized carbons (Fsp3) is 0.600. The second kappa shape index (κ2) is 6.47. The van der Waals surface area contributed by atoms with Gasteiger partial charge in [0.25, 0.3) is 0 Å². The van der Waals surface area contributed by atoms with Gasteiger partial charge in [-0.1, -0.05) is 0 Å². The number of rotatable bonds is 4. The molecule has 1 aromatic heterocycles. The molecule has 0 spiro atoms. The number of nitrogens with one attached hydrogen (secondary N) is 1. The normalized spacial score (nSPS) is 23.6. The summed E-state index contributed by atoms with van der Waals surface area (Å²) in [5, 5.41) is 16.4. The number of urea groups is 1. The van der Waals surface area contributed by atoms with Crippen LogP contribution in [0.2, 0.25) is 0 Å². The molecule has 1 fully saturated rings. The molecule has 5 nitrogen and oxygen atoms in total. The molecule has 2 atom stereocenters. The number of carbonyl (C=O) groups excluding carboxylic acids is 1. The lowest BCUT2D eigenvalue weighted by Crippen LogP contribution is -2.53. The molecule has 0 saturated carbocycles. The summed E-state index contributed by atoms with van der Waals surface area (Å²) in [6, 6.07) is 1.92. The topological polar surface area (TPSA) is 69.6 Å². The highest BCUT2D eigenvalue weighted by atomic mass is 32.1. The van der Waals surface area contributed by atoms with Crippen molar-refractivity contribution in [3.8, 4) is 0 Å². The standard InChI is InChI=1S/C15H22N2O3S/c1-11(8-12-4-7-21-9-12)16-14(20)17-6-3-5-15(2,10-17)13(18)19/h4,7,9,11H,3,5-6,8,10H2,1-2H3,(H,16,20)(H,18,19). The van der Waals surface area contributed by atoms with E-state index in [-0.39, 0.29) is 18.6 Å². The molecule has 2 heterocycles. The smallest absolute Gasteiger partial charge is 0.317 e. The minimum atomic E-state index is -0.827. The number of likely N-dealkylation sites (tertiary alicyclic amines) is 1. The second-order valence-electron chi connectivity index (χ2n) is 6.08. The molecule has 2 unspecified atom stereocenters. The van der Waals surface area contributed by atoms with Gasteiger partial charge in [0.15, 0.2) is 0 Å². The first-order valence-electron chi connectivity index (χ1n) is 7.20. The lowest BCUT2D eigenvalue weighted by molar-refractivity contribution is -0.150. The fourth-order valence-electron chi connectivity index (χ4n) is 2.70. The van der Waals surface area contributed by atoms with Crippen molar-refractivity contribution < 1.29 is 14.7 Å². The van der Waals surface area contributed by atoms with Crippen molar-refractivity contribution in [3.05, 3.63) is 22.4 Å². The van der Waals surface area contributed by atoms with E-state index >= 15 is 0 Å². The van der Waals surface area contributed by atoms with Crippen LogP contribution in [0.15, 0.2) is 16.8 Å². The van der Waals surface area contributed by atoms with Crippen molar-refractivity contribution >= 4 is 23.3 Å². The first kappa shape index (κ1) is 15.8. The number of carboxylic acid groups (broad SMARTS) is 1. The summed E-state index contributed by atoms with van der Waals surface area (Å²) < 4.78 is 0. The molecule has 116 valence electrons. The van der Waals surface area contributed by atoms with Crippen molar-refractivity contribution in [1.29, 1.82) is 0 Å². The average Bonchev–Trinajstić information content (AvgIpc) is 2.91. The Morgan fingerprint density at radius 1 is 1.57 bits per heavy atom. The van der Waals surface area contributed by atoms with Crippen LogP contribution < -0.4 is 5.32 Å². The minimum Gasteiger partial charge on any atom is -0.481 e. The maximum atomic E-state index is 12.3. The van der Waals surface area contributed by atoms with Gasteiger partial charge in [-0.15, -0.1) is 0 Å². The van der Waals surface area contributed by atoms with Gasteiger partial charge < -0.3 is 15.3 Å². The molecule has 0 aliphatic carbocycles. The molecule has 0 bridgehead atoms. The number of carboxylic acids is 1. The van der Waals surface area contributed by atoms with Crippen LogP contribution in [0.25, 0.3) is 0 Å². The van der Waals surface area contributed by atoms with Crippen LogP contribution >= 0.6 is 11.3 Å². The van der Waals surface area contributed by atoms with E-state index in [1.54, 1.807) is 23.2 Å². The molecule has 1 aromatic rings. The lowest BCUT2D eigenvalue weighted by Gasteiger charge is -2.37. The quantitative estimate of drug-likeness (QED) is 0.898. The Kier molecular flexibility index (Phi) is 4.88. The van der Waals surface area contributed by atoms with Crippen LogP contribution in [0.5, 0.6) is 0 Å². The summed E-state index contributed by atoms with van der Waals surface area (Å²) in [6.07, 6.45) is 2.14. The van der Waals surface area contributed by atoms with E-state index in [0.29, 0.717) is 13.0 Å². The maximum absolute atomic E-state index is 12.3. The van der Waals surface area contributed by atoms with Crippen LogP contribution in [-0.2, 0) is 11.2 Å². The molecule has 1 aliphatic heterocycles. The number of nitrogens with zero attached hydrogens (tertiary/aromatic N) is 1. The number of amides is 2. The van der Waals surface area contributed by atoms with Crippen LogP contribution in [0.3, 0.4) is 0 Å². The molecule has 1 saturated heterocycles. The SMILES string of the molecule is CC(Cc1ccsc1)NC(=O)N1CCCC(C)(C(=O)O)C1. The number of thiophene rings is 1. The predicted octanol–water partition coefficient (Wildman–Crippen LogP) is 2.58. The van der Waals surface area contributed by atoms with Gasteiger partial charge in [0, 0.05) is 19.1 Å². The van der Waals surface area contributed by atoms with Gasteiger partial charge in [-0.2, -0.15) is 11.3 Å². The third-order valence-electron chi connectivity index (χ3n) is 3.99. The Bertz CT molecular complexity index is 503. The molecular weight excluding hydrogens is 288 g/mol. The molecule has 0 aromatic carbocycles. The van der Waals surface area contributed by atoms with Crippen LogP contribution in [0, 0.1) is 5.41 Å². The van der Waals surface area contributed by atoms with Gasteiger partial charge in [0.2, 0.25) is 0 Å². The largest absolute Gasteiger partial charge is 0.481 e. The monoisotopic (exact) mass is 310 g/mol. The van der Waals surface area contributed by atoms with Crippen molar-refractivity contribution in [2.45, 2.75) is 39.2 Å². The first-order valence-corrected chi connectivity index (χ1v) is 8.15. The minimum absolute atomic E-state index is 0.0325. The summed E-state index contributed by atoms with van der Waals surface area (Å²) in [5.41, 5.74) is 0.383. The van der Waals surface area contributed by atoms with Gasteiger partial charge in [0.05, 0.1) is 5.41 Å². The van der Waals surface area contributed by atoms with Crippen LogP contribution in [-0.4, -0.2) is 41.1 Å². The number of aliphatic carboxylic acids is 1. The van der Waals surface area contributed by atoms with Gasteiger partial charge in [-0.25, -0.2) is 4.79 Å². The molecule has 2 amide bonds. The van der Waals surface area contributed by atoms with Crippen molar-refractivity contribution in [3.63, 3.8) is 0 Å². The zero-order valence-corrected chi connectivity index (χ0v) is 13.3. The van der Waals surface area contributed by atoms with Gasteiger partial charge in [-0.3, -0.25) is 4.79 Å². The summed E-state index contributed by atoms with van der Waals surface area (Å²) in [7, 11) is 0. The lowest BCUT2D eigenvalue weighted by atomic mass is 9.82. The maximum Gasteiger partial charge on any atom is 0.317 e. The molecule has 1 aliphatic rings. The zero-order valence-electron chi connectivity index (χ0n) is 12.5. The fourth-order valence-corrected chi connectivity index (χ4v) is 3.38. The molecule has 2 rings (SSSR count). The van der Waals surface area contributed by atoms with Crippen LogP contribution in [0.1, 0.15) is 32.3 Å². The van der Waals surface area contributed by atoms with E-state index in [4.69, 9.17) is 0 Å². The Labute approximate surface area is 129 Å². The Morgan fingerprint density at radius 2 is 2.33 bits per heavy atom.